The van der Waals surface area contributed by atoms with Crippen molar-refractivity contribution in [2.75, 3.05) is 13.1 Å². The molecule has 1 N–H and O–H groups in total. The average Bonchev–Trinajstić information content (AvgIpc) is 2.92. The number of fused-ring (bicyclic) bond motifs is 1. The lowest BCUT2D eigenvalue weighted by Gasteiger charge is -2.31. The number of carbonyl (C=O) groups is 1. The lowest BCUT2D eigenvalue weighted by atomic mass is 9.86. The van der Waals surface area contributed by atoms with Gasteiger partial charge in [0.05, 0.1) is 5.92 Å². The number of hydrogen-bond acceptors (Lipinski definition) is 2. The highest BCUT2D eigenvalue weighted by Gasteiger charge is 2.42. The Balaban J connectivity index is 2.06. The molecule has 1 saturated heterocycles. The third-order valence-corrected chi connectivity index (χ3v) is 4.81. The topological polar surface area (TPSA) is 40.5 Å². The molecule has 22 heavy (non-hydrogen) atoms. The SMILES string of the molecule is CC(C)(C)N1C[C@@H](C(=O)O)[C@H](c2cccc3ccccc23)C1. The average molecular weight is 297 g/mol. The Morgan fingerprint density at radius 2 is 1.77 bits per heavy atom. The van der Waals surface area contributed by atoms with Crippen molar-refractivity contribution in [1.29, 1.82) is 0 Å². The van der Waals surface area contributed by atoms with Crippen LogP contribution in [0.3, 0.4) is 0 Å². The minimum Gasteiger partial charge on any atom is -0.481 e. The summed E-state index contributed by atoms with van der Waals surface area (Å²) in [5, 5.41) is 12.0. The molecule has 0 amide bonds. The number of rotatable bonds is 2. The molecule has 0 spiro atoms. The van der Waals surface area contributed by atoms with Gasteiger partial charge in [0.25, 0.3) is 0 Å². The first-order valence-electron chi connectivity index (χ1n) is 7.83. The molecular weight excluding hydrogens is 274 g/mol. The summed E-state index contributed by atoms with van der Waals surface area (Å²) in [6.07, 6.45) is 0. The van der Waals surface area contributed by atoms with Crippen molar-refractivity contribution < 1.29 is 9.90 Å². The number of carboxylic acid groups (broad SMARTS) is 1. The first-order valence-corrected chi connectivity index (χ1v) is 7.83. The lowest BCUT2D eigenvalue weighted by molar-refractivity contribution is -0.141. The second-order valence-electron chi connectivity index (χ2n) is 7.20. The van der Waals surface area contributed by atoms with Crippen LogP contribution >= 0.6 is 0 Å². The maximum atomic E-state index is 11.8. The van der Waals surface area contributed by atoms with E-state index in [1.54, 1.807) is 0 Å². The van der Waals surface area contributed by atoms with Crippen LogP contribution in [-0.2, 0) is 4.79 Å². The fourth-order valence-corrected chi connectivity index (χ4v) is 3.49. The maximum Gasteiger partial charge on any atom is 0.308 e. The molecule has 3 nitrogen and oxygen atoms in total. The summed E-state index contributed by atoms with van der Waals surface area (Å²) in [4.78, 5) is 14.1. The van der Waals surface area contributed by atoms with Crippen LogP contribution in [0.4, 0.5) is 0 Å². The van der Waals surface area contributed by atoms with Gasteiger partial charge in [-0.1, -0.05) is 42.5 Å². The molecule has 0 radical (unpaired) electrons. The molecular formula is C19H23NO2. The molecule has 1 heterocycles. The number of likely N-dealkylation sites (tertiary alicyclic amines) is 1. The van der Waals surface area contributed by atoms with E-state index in [4.69, 9.17) is 0 Å². The summed E-state index contributed by atoms with van der Waals surface area (Å²) < 4.78 is 0. The van der Waals surface area contributed by atoms with Crippen LogP contribution in [0.5, 0.6) is 0 Å². The summed E-state index contributed by atoms with van der Waals surface area (Å²) in [5.74, 6) is -0.988. The van der Waals surface area contributed by atoms with E-state index in [2.05, 4.69) is 49.9 Å². The van der Waals surface area contributed by atoms with E-state index in [0.717, 1.165) is 12.1 Å². The van der Waals surface area contributed by atoms with Crippen LogP contribution in [0.15, 0.2) is 42.5 Å². The van der Waals surface area contributed by atoms with E-state index in [1.807, 2.05) is 18.2 Å². The number of carboxylic acids is 1. The Hall–Kier alpha value is -1.87. The van der Waals surface area contributed by atoms with Gasteiger partial charge in [0.1, 0.15) is 0 Å². The zero-order valence-corrected chi connectivity index (χ0v) is 13.4. The summed E-state index contributed by atoms with van der Waals surface area (Å²) in [6.45, 7) is 7.87. The largest absolute Gasteiger partial charge is 0.481 e. The Kier molecular flexibility index (Phi) is 3.69. The van der Waals surface area contributed by atoms with E-state index in [0.29, 0.717) is 6.54 Å². The first kappa shape index (κ1) is 15.0. The zero-order chi connectivity index (χ0) is 15.9. The molecule has 3 heteroatoms. The maximum absolute atomic E-state index is 11.8. The fourth-order valence-electron chi connectivity index (χ4n) is 3.49. The van der Waals surface area contributed by atoms with Crippen molar-refractivity contribution in [2.24, 2.45) is 5.92 Å². The van der Waals surface area contributed by atoms with E-state index in [-0.39, 0.29) is 17.4 Å². The van der Waals surface area contributed by atoms with Gasteiger partial charge in [-0.05, 0) is 37.1 Å². The highest BCUT2D eigenvalue weighted by atomic mass is 16.4. The smallest absolute Gasteiger partial charge is 0.308 e. The summed E-state index contributed by atoms with van der Waals surface area (Å²) in [5.41, 5.74) is 1.16. The third kappa shape index (κ3) is 2.61. The number of hydrogen-bond donors (Lipinski definition) is 1. The molecule has 2 atom stereocenters. The van der Waals surface area contributed by atoms with Crippen LogP contribution in [0.1, 0.15) is 32.3 Å². The Morgan fingerprint density at radius 1 is 1.09 bits per heavy atom. The molecule has 2 aromatic carbocycles. The minimum absolute atomic E-state index is 0.00691. The van der Waals surface area contributed by atoms with Crippen LogP contribution in [0, 0.1) is 5.92 Å². The number of benzene rings is 2. The van der Waals surface area contributed by atoms with Crippen molar-refractivity contribution in [3.63, 3.8) is 0 Å². The minimum atomic E-state index is -0.690. The molecule has 0 aliphatic carbocycles. The number of nitrogens with zero attached hydrogens (tertiary/aromatic N) is 1. The van der Waals surface area contributed by atoms with E-state index >= 15 is 0 Å². The fraction of sp³-hybridized carbons (Fsp3) is 0.421. The predicted molar refractivity (Wildman–Crippen MR) is 89.1 cm³/mol. The first-order chi connectivity index (χ1) is 10.4. The molecule has 2 aromatic rings. The molecule has 1 fully saturated rings. The second-order valence-corrected chi connectivity index (χ2v) is 7.20. The standard InChI is InChI=1S/C19H23NO2/c1-19(2,3)20-11-16(17(12-20)18(21)22)15-10-6-8-13-7-4-5-9-14(13)15/h4-10,16-17H,11-12H2,1-3H3,(H,21,22)/t16-,17+/m0/s1. The monoisotopic (exact) mass is 297 g/mol. The summed E-state index contributed by atoms with van der Waals surface area (Å²) in [7, 11) is 0. The lowest BCUT2D eigenvalue weighted by Crippen LogP contribution is -2.40. The normalized spacial score (nSPS) is 23.0. The molecule has 0 bridgehead atoms. The molecule has 0 unspecified atom stereocenters. The molecule has 0 saturated carbocycles. The van der Waals surface area contributed by atoms with Crippen molar-refractivity contribution in [1.82, 2.24) is 4.90 Å². The van der Waals surface area contributed by atoms with Crippen molar-refractivity contribution >= 4 is 16.7 Å². The highest BCUT2D eigenvalue weighted by Crippen LogP contribution is 2.39. The molecule has 3 rings (SSSR count). The third-order valence-electron chi connectivity index (χ3n) is 4.81. The van der Waals surface area contributed by atoms with Gasteiger partial charge in [0.2, 0.25) is 0 Å². The van der Waals surface area contributed by atoms with E-state index < -0.39 is 5.97 Å². The molecule has 1 aliphatic rings. The predicted octanol–water partition coefficient (Wildman–Crippen LogP) is 3.74. The van der Waals surface area contributed by atoms with Gasteiger partial charge < -0.3 is 5.11 Å². The zero-order valence-electron chi connectivity index (χ0n) is 13.4. The van der Waals surface area contributed by atoms with Crippen LogP contribution in [0.25, 0.3) is 10.8 Å². The highest BCUT2D eigenvalue weighted by molar-refractivity contribution is 5.87. The summed E-state index contributed by atoms with van der Waals surface area (Å²) in [6, 6.07) is 14.5. The molecule has 1 aliphatic heterocycles. The van der Waals surface area contributed by atoms with Crippen LogP contribution in [0.2, 0.25) is 0 Å². The van der Waals surface area contributed by atoms with Gasteiger partial charge >= 0.3 is 5.97 Å². The Labute approximate surface area is 131 Å². The van der Waals surface area contributed by atoms with Gasteiger partial charge in [-0.25, -0.2) is 0 Å². The quantitative estimate of drug-likeness (QED) is 0.918. The van der Waals surface area contributed by atoms with Crippen molar-refractivity contribution in [3.8, 4) is 0 Å². The van der Waals surface area contributed by atoms with Crippen molar-refractivity contribution in [3.05, 3.63) is 48.0 Å². The Morgan fingerprint density at radius 3 is 2.45 bits per heavy atom. The van der Waals surface area contributed by atoms with Gasteiger partial charge in [-0.2, -0.15) is 0 Å². The van der Waals surface area contributed by atoms with Crippen LogP contribution < -0.4 is 0 Å². The van der Waals surface area contributed by atoms with Gasteiger partial charge in [-0.3, -0.25) is 9.69 Å². The second kappa shape index (κ2) is 5.40. The number of aliphatic carboxylic acids is 1. The van der Waals surface area contributed by atoms with E-state index in [1.165, 1.54) is 10.8 Å². The summed E-state index contributed by atoms with van der Waals surface area (Å²) >= 11 is 0. The van der Waals surface area contributed by atoms with Crippen LogP contribution in [-0.4, -0.2) is 34.6 Å². The molecule has 0 aromatic heterocycles. The van der Waals surface area contributed by atoms with E-state index in [9.17, 15) is 9.90 Å². The Bertz CT molecular complexity index is 697. The van der Waals surface area contributed by atoms with Gasteiger partial charge in [0.15, 0.2) is 0 Å². The van der Waals surface area contributed by atoms with Crippen molar-refractivity contribution in [2.45, 2.75) is 32.2 Å². The molecule has 116 valence electrons. The van der Waals surface area contributed by atoms with Gasteiger partial charge in [-0.15, -0.1) is 0 Å². The van der Waals surface area contributed by atoms with Gasteiger partial charge in [0, 0.05) is 24.5 Å².